The topological polar surface area (TPSA) is 67.4 Å². The van der Waals surface area contributed by atoms with Gasteiger partial charge in [-0.1, -0.05) is 25.1 Å². The van der Waals surface area contributed by atoms with Gasteiger partial charge in [0.15, 0.2) is 0 Å². The molecule has 26 heavy (non-hydrogen) atoms. The summed E-state index contributed by atoms with van der Waals surface area (Å²) in [5.74, 6) is -0.477. The number of hydrogen-bond donors (Lipinski definition) is 2. The van der Waals surface area contributed by atoms with Gasteiger partial charge in [-0.05, 0) is 38.8 Å². The lowest BCUT2D eigenvalue weighted by Gasteiger charge is -2.23. The van der Waals surface area contributed by atoms with Crippen LogP contribution in [-0.4, -0.2) is 30.2 Å². The van der Waals surface area contributed by atoms with Crippen molar-refractivity contribution >= 4 is 12.0 Å². The molecule has 0 aromatic heterocycles. The Labute approximate surface area is 151 Å². The van der Waals surface area contributed by atoms with E-state index in [1.165, 1.54) is 12.1 Å². The number of halogens is 3. The zero-order valence-electron chi connectivity index (χ0n) is 15.4. The fourth-order valence-corrected chi connectivity index (χ4v) is 2.14. The van der Waals surface area contributed by atoms with Crippen molar-refractivity contribution in [3.63, 3.8) is 0 Å². The number of ether oxygens (including phenoxy) is 1. The molecule has 0 fully saturated rings. The van der Waals surface area contributed by atoms with Gasteiger partial charge in [0.1, 0.15) is 11.6 Å². The Morgan fingerprint density at radius 2 is 1.85 bits per heavy atom. The van der Waals surface area contributed by atoms with E-state index in [1.807, 2.05) is 6.92 Å². The molecule has 0 spiro atoms. The van der Waals surface area contributed by atoms with Gasteiger partial charge in [0, 0.05) is 13.0 Å². The van der Waals surface area contributed by atoms with Crippen molar-refractivity contribution in [2.24, 2.45) is 0 Å². The van der Waals surface area contributed by atoms with Crippen LogP contribution in [0.5, 0.6) is 0 Å². The minimum Gasteiger partial charge on any atom is -0.444 e. The lowest BCUT2D eigenvalue weighted by molar-refractivity contribution is -0.137. The molecular weight excluding hydrogens is 349 g/mol. The van der Waals surface area contributed by atoms with Crippen molar-refractivity contribution in [1.82, 2.24) is 10.6 Å². The molecule has 0 heterocycles. The van der Waals surface area contributed by atoms with Gasteiger partial charge in [-0.25, -0.2) is 4.79 Å². The molecule has 0 aliphatic carbocycles. The summed E-state index contributed by atoms with van der Waals surface area (Å²) in [7, 11) is 0. The first-order valence-electron chi connectivity index (χ1n) is 8.35. The maximum Gasteiger partial charge on any atom is 0.416 e. The molecule has 8 heteroatoms. The maximum atomic E-state index is 12.9. The molecule has 0 saturated heterocycles. The number of rotatable bonds is 6. The summed E-state index contributed by atoms with van der Waals surface area (Å²) < 4.78 is 43.7. The van der Waals surface area contributed by atoms with E-state index in [1.54, 1.807) is 20.8 Å². The first kappa shape index (κ1) is 21.8. The Morgan fingerprint density at radius 1 is 1.19 bits per heavy atom. The maximum absolute atomic E-state index is 12.9. The van der Waals surface area contributed by atoms with Gasteiger partial charge in [0.25, 0.3) is 0 Å². The second-order valence-corrected chi connectivity index (χ2v) is 6.89. The monoisotopic (exact) mass is 374 g/mol. The first-order valence-corrected chi connectivity index (χ1v) is 8.35. The molecule has 1 rings (SSSR count). The molecule has 0 bridgehead atoms. The fraction of sp³-hybridized carbons (Fsp3) is 0.556. The van der Waals surface area contributed by atoms with E-state index >= 15 is 0 Å². The quantitative estimate of drug-likeness (QED) is 0.798. The van der Waals surface area contributed by atoms with Crippen LogP contribution in [0.2, 0.25) is 0 Å². The number of alkyl carbamates (subject to hydrolysis) is 1. The number of carbonyl (C=O) groups is 2. The molecule has 1 atom stereocenters. The summed E-state index contributed by atoms with van der Waals surface area (Å²) in [5, 5.41) is 5.07. The summed E-state index contributed by atoms with van der Waals surface area (Å²) in [6.45, 7) is 7.28. The number of hydrogen-bond acceptors (Lipinski definition) is 3. The number of benzene rings is 1. The minimum absolute atomic E-state index is 0.0846. The zero-order chi connectivity index (χ0) is 20.0. The molecule has 2 N–H and O–H groups in total. The van der Waals surface area contributed by atoms with Crippen LogP contribution in [0, 0.1) is 0 Å². The average molecular weight is 374 g/mol. The predicted octanol–water partition coefficient (Wildman–Crippen LogP) is 3.67. The highest BCUT2D eigenvalue weighted by Gasteiger charge is 2.31. The van der Waals surface area contributed by atoms with Crippen LogP contribution in [0.25, 0.3) is 0 Å². The molecular formula is C18H25F3N2O3. The van der Waals surface area contributed by atoms with Gasteiger partial charge in [-0.15, -0.1) is 0 Å². The van der Waals surface area contributed by atoms with Gasteiger partial charge in [-0.2, -0.15) is 13.2 Å². The summed E-state index contributed by atoms with van der Waals surface area (Å²) in [6.07, 6.45) is -4.68. The Morgan fingerprint density at radius 3 is 2.38 bits per heavy atom. The third kappa shape index (κ3) is 7.76. The van der Waals surface area contributed by atoms with E-state index in [0.29, 0.717) is 13.0 Å². The molecule has 1 aromatic carbocycles. The third-order valence-corrected chi connectivity index (χ3v) is 3.25. The lowest BCUT2D eigenvalue weighted by Crippen LogP contribution is -2.49. The van der Waals surface area contributed by atoms with Crippen molar-refractivity contribution in [3.05, 3.63) is 35.4 Å². The van der Waals surface area contributed by atoms with Crippen molar-refractivity contribution in [2.45, 2.75) is 58.4 Å². The number of alkyl halides is 3. The normalized spacial score (nSPS) is 13.0. The van der Waals surface area contributed by atoms with Crippen molar-refractivity contribution in [2.75, 3.05) is 6.54 Å². The smallest absolute Gasteiger partial charge is 0.416 e. The van der Waals surface area contributed by atoms with Crippen molar-refractivity contribution in [1.29, 1.82) is 0 Å². The first-order chi connectivity index (χ1) is 11.9. The predicted molar refractivity (Wildman–Crippen MR) is 91.6 cm³/mol. The van der Waals surface area contributed by atoms with Crippen LogP contribution in [0.3, 0.4) is 0 Å². The highest BCUT2D eigenvalue weighted by atomic mass is 19.4. The van der Waals surface area contributed by atoms with E-state index in [-0.39, 0.29) is 12.0 Å². The molecule has 2 amide bonds. The Balaban J connectivity index is 2.95. The lowest BCUT2D eigenvalue weighted by atomic mass is 10.0. The van der Waals surface area contributed by atoms with Crippen LogP contribution < -0.4 is 10.6 Å². The van der Waals surface area contributed by atoms with E-state index in [2.05, 4.69) is 10.6 Å². The van der Waals surface area contributed by atoms with Gasteiger partial charge >= 0.3 is 12.3 Å². The highest BCUT2D eigenvalue weighted by Crippen LogP contribution is 2.29. The SMILES string of the molecule is CCCNC(=O)[C@@H](Cc1cccc(C(F)(F)F)c1)NC(=O)OC(C)(C)C. The van der Waals surface area contributed by atoms with Crippen LogP contribution >= 0.6 is 0 Å². The van der Waals surface area contributed by atoms with E-state index in [4.69, 9.17) is 4.74 Å². The second kappa shape index (κ2) is 8.91. The van der Waals surface area contributed by atoms with Crippen molar-refractivity contribution < 1.29 is 27.5 Å². The molecule has 1 aromatic rings. The van der Waals surface area contributed by atoms with E-state index < -0.39 is 35.4 Å². The molecule has 0 aliphatic rings. The second-order valence-electron chi connectivity index (χ2n) is 6.89. The average Bonchev–Trinajstić information content (AvgIpc) is 2.49. The minimum atomic E-state index is -4.48. The summed E-state index contributed by atoms with van der Waals surface area (Å²) in [4.78, 5) is 24.3. The van der Waals surface area contributed by atoms with Gasteiger partial charge < -0.3 is 15.4 Å². The highest BCUT2D eigenvalue weighted by molar-refractivity contribution is 5.86. The number of carbonyl (C=O) groups excluding carboxylic acids is 2. The summed E-state index contributed by atoms with van der Waals surface area (Å²) >= 11 is 0. The number of amides is 2. The van der Waals surface area contributed by atoms with Crippen LogP contribution in [-0.2, 0) is 22.1 Å². The Hall–Kier alpha value is -2.25. The molecule has 0 unspecified atom stereocenters. The van der Waals surface area contributed by atoms with Gasteiger partial charge in [0.2, 0.25) is 5.91 Å². The Kier molecular flexibility index (Phi) is 7.47. The standard InChI is InChI=1S/C18H25F3N2O3/c1-5-9-22-15(24)14(23-16(25)26-17(2,3)4)11-12-7-6-8-13(10-12)18(19,20)21/h6-8,10,14H,5,9,11H2,1-4H3,(H,22,24)(H,23,25)/t14-/m1/s1. The van der Waals surface area contributed by atoms with Crippen LogP contribution in [0.15, 0.2) is 24.3 Å². The van der Waals surface area contributed by atoms with Crippen molar-refractivity contribution in [3.8, 4) is 0 Å². The molecule has 0 aliphatic heterocycles. The number of nitrogens with one attached hydrogen (secondary N) is 2. The zero-order valence-corrected chi connectivity index (χ0v) is 15.4. The van der Waals surface area contributed by atoms with E-state index in [9.17, 15) is 22.8 Å². The molecule has 146 valence electrons. The van der Waals surface area contributed by atoms with Gasteiger partial charge in [0.05, 0.1) is 5.56 Å². The summed E-state index contributed by atoms with van der Waals surface area (Å²) in [6, 6.07) is 3.63. The van der Waals surface area contributed by atoms with E-state index in [0.717, 1.165) is 12.1 Å². The molecule has 0 radical (unpaired) electrons. The fourth-order valence-electron chi connectivity index (χ4n) is 2.14. The van der Waals surface area contributed by atoms with Crippen LogP contribution in [0.1, 0.15) is 45.2 Å². The van der Waals surface area contributed by atoms with Crippen LogP contribution in [0.4, 0.5) is 18.0 Å². The Bertz CT molecular complexity index is 625. The summed E-state index contributed by atoms with van der Waals surface area (Å²) in [5.41, 5.74) is -1.28. The van der Waals surface area contributed by atoms with Gasteiger partial charge in [-0.3, -0.25) is 4.79 Å². The molecule has 5 nitrogen and oxygen atoms in total. The molecule has 0 saturated carbocycles. The third-order valence-electron chi connectivity index (χ3n) is 3.25. The largest absolute Gasteiger partial charge is 0.444 e.